The van der Waals surface area contributed by atoms with E-state index >= 15 is 0 Å². The largest absolute Gasteiger partial charge is 0.497 e. The summed E-state index contributed by atoms with van der Waals surface area (Å²) in [5, 5.41) is 4.71. The second kappa shape index (κ2) is 9.18. The summed E-state index contributed by atoms with van der Waals surface area (Å²) in [4.78, 5) is 8.21. The number of rotatable bonds is 6. The average Bonchev–Trinajstić information content (AvgIpc) is 3.03. The zero-order valence-corrected chi connectivity index (χ0v) is 18.0. The molecule has 0 aliphatic heterocycles. The molecule has 30 heavy (non-hydrogen) atoms. The normalized spacial score (nSPS) is 11.7. The molecule has 0 aliphatic carbocycles. The van der Waals surface area contributed by atoms with Crippen LogP contribution in [0.25, 0.3) is 10.9 Å². The third-order valence-corrected chi connectivity index (χ3v) is 5.35. The van der Waals surface area contributed by atoms with Gasteiger partial charge in [-0.3, -0.25) is 4.98 Å². The number of hydrogen-bond donors (Lipinski definition) is 2. The van der Waals surface area contributed by atoms with Crippen LogP contribution in [0.2, 0.25) is 0 Å². The summed E-state index contributed by atoms with van der Waals surface area (Å²) in [5.41, 5.74) is 6.30. The van der Waals surface area contributed by atoms with Crippen molar-refractivity contribution in [3.05, 3.63) is 89.1 Å². The summed E-state index contributed by atoms with van der Waals surface area (Å²) in [6.45, 7) is 4.19. The predicted octanol–water partition coefficient (Wildman–Crippen LogP) is 6.15. The number of nitrogens with one attached hydrogen (secondary N) is 2. The summed E-state index contributed by atoms with van der Waals surface area (Å²) in [5.74, 6) is 0.566. The van der Waals surface area contributed by atoms with Crippen LogP contribution < -0.4 is 10.1 Å². The maximum atomic E-state index is 13.4. The molecular formula is C24H25ClFN3O. The van der Waals surface area contributed by atoms with Gasteiger partial charge in [-0.25, -0.2) is 4.39 Å². The highest BCUT2D eigenvalue weighted by Crippen LogP contribution is 2.31. The lowest BCUT2D eigenvalue weighted by Gasteiger charge is -2.21. The summed E-state index contributed by atoms with van der Waals surface area (Å²) in [6.07, 6.45) is 2.56. The number of halogens is 2. The number of benzene rings is 2. The molecule has 0 fully saturated rings. The van der Waals surface area contributed by atoms with Gasteiger partial charge in [-0.2, -0.15) is 0 Å². The summed E-state index contributed by atoms with van der Waals surface area (Å²) in [7, 11) is 1.67. The van der Waals surface area contributed by atoms with Gasteiger partial charge < -0.3 is 15.0 Å². The Morgan fingerprint density at radius 2 is 1.87 bits per heavy atom. The SMILES string of the molecule is COc1cccc(CC(Nc2ccc(F)cc2)c2nccc3c(C)c(C)[nH]c23)c1.Cl. The number of hydrogen-bond acceptors (Lipinski definition) is 3. The number of methoxy groups -OCH3 is 1. The van der Waals surface area contributed by atoms with Crippen LogP contribution in [0.5, 0.6) is 5.75 Å². The average molecular weight is 426 g/mol. The molecule has 6 heteroatoms. The van der Waals surface area contributed by atoms with Gasteiger partial charge >= 0.3 is 0 Å². The first-order chi connectivity index (χ1) is 14.0. The van der Waals surface area contributed by atoms with Crippen LogP contribution in [0.4, 0.5) is 10.1 Å². The lowest BCUT2D eigenvalue weighted by atomic mass is 10.00. The van der Waals surface area contributed by atoms with E-state index < -0.39 is 0 Å². The van der Waals surface area contributed by atoms with Crippen molar-refractivity contribution in [2.24, 2.45) is 0 Å². The molecule has 0 saturated heterocycles. The van der Waals surface area contributed by atoms with Crippen molar-refractivity contribution >= 4 is 29.0 Å². The first-order valence-electron chi connectivity index (χ1n) is 9.64. The quantitative estimate of drug-likeness (QED) is 0.389. The van der Waals surface area contributed by atoms with Crippen molar-refractivity contribution in [1.82, 2.24) is 9.97 Å². The number of aromatic amines is 1. The van der Waals surface area contributed by atoms with Gasteiger partial charge in [-0.05, 0) is 73.9 Å². The second-order valence-electron chi connectivity index (χ2n) is 7.25. The number of anilines is 1. The predicted molar refractivity (Wildman–Crippen MR) is 122 cm³/mol. The molecule has 2 heterocycles. The smallest absolute Gasteiger partial charge is 0.123 e. The van der Waals surface area contributed by atoms with E-state index in [2.05, 4.69) is 30.2 Å². The van der Waals surface area contributed by atoms with E-state index in [1.165, 1.54) is 23.1 Å². The van der Waals surface area contributed by atoms with Crippen molar-refractivity contribution < 1.29 is 9.13 Å². The Bertz CT molecular complexity index is 1140. The van der Waals surface area contributed by atoms with Gasteiger partial charge in [-0.1, -0.05) is 12.1 Å². The fourth-order valence-electron chi connectivity index (χ4n) is 3.67. The Kier molecular flexibility index (Phi) is 6.63. The molecular weight excluding hydrogens is 401 g/mol. The molecule has 2 aromatic carbocycles. The van der Waals surface area contributed by atoms with E-state index in [4.69, 9.17) is 9.72 Å². The molecule has 1 atom stereocenters. The third kappa shape index (κ3) is 4.41. The van der Waals surface area contributed by atoms with Gasteiger partial charge in [0.05, 0.1) is 24.4 Å². The van der Waals surface area contributed by atoms with Gasteiger partial charge in [-0.15, -0.1) is 12.4 Å². The molecule has 0 spiro atoms. The topological polar surface area (TPSA) is 49.9 Å². The van der Waals surface area contributed by atoms with Gasteiger partial charge in [0.15, 0.2) is 0 Å². The number of aryl methyl sites for hydroxylation is 2. The molecule has 4 aromatic rings. The Morgan fingerprint density at radius 1 is 1.10 bits per heavy atom. The van der Waals surface area contributed by atoms with Crippen LogP contribution in [-0.4, -0.2) is 17.1 Å². The van der Waals surface area contributed by atoms with Crippen LogP contribution in [0.3, 0.4) is 0 Å². The van der Waals surface area contributed by atoms with Crippen LogP contribution in [-0.2, 0) is 6.42 Å². The first kappa shape index (κ1) is 21.7. The molecule has 2 aromatic heterocycles. The molecule has 4 nitrogen and oxygen atoms in total. The van der Waals surface area contributed by atoms with Crippen LogP contribution in [0, 0.1) is 19.7 Å². The number of aromatic nitrogens is 2. The van der Waals surface area contributed by atoms with E-state index in [1.807, 2.05) is 30.5 Å². The van der Waals surface area contributed by atoms with Crippen molar-refractivity contribution in [2.75, 3.05) is 12.4 Å². The first-order valence-corrected chi connectivity index (χ1v) is 9.64. The fraction of sp³-hybridized carbons (Fsp3) is 0.208. The number of fused-ring (bicyclic) bond motifs is 1. The van der Waals surface area contributed by atoms with E-state index in [-0.39, 0.29) is 24.3 Å². The summed E-state index contributed by atoms with van der Waals surface area (Å²) < 4.78 is 18.8. The zero-order chi connectivity index (χ0) is 20.4. The van der Waals surface area contributed by atoms with E-state index in [0.29, 0.717) is 6.42 Å². The number of H-pyrrole nitrogens is 1. The monoisotopic (exact) mass is 425 g/mol. The van der Waals surface area contributed by atoms with Gasteiger partial charge in [0, 0.05) is 23.0 Å². The standard InChI is InChI=1S/C24H24FN3O.ClH/c1-15-16(2)27-23-21(15)11-12-26-24(23)22(28-19-9-7-18(25)8-10-19)14-17-5-4-6-20(13-17)29-3;/h4-13,22,27-28H,14H2,1-3H3;1H. The zero-order valence-electron chi connectivity index (χ0n) is 17.2. The Balaban J connectivity index is 0.00000256. The minimum absolute atomic E-state index is 0. The maximum Gasteiger partial charge on any atom is 0.123 e. The highest BCUT2D eigenvalue weighted by molar-refractivity contribution is 5.86. The van der Waals surface area contributed by atoms with Crippen molar-refractivity contribution in [3.8, 4) is 5.75 Å². The molecule has 1 unspecified atom stereocenters. The lowest BCUT2D eigenvalue weighted by Crippen LogP contribution is -2.16. The number of pyridine rings is 1. The van der Waals surface area contributed by atoms with E-state index in [0.717, 1.165) is 33.9 Å². The van der Waals surface area contributed by atoms with E-state index in [9.17, 15) is 4.39 Å². The van der Waals surface area contributed by atoms with Crippen molar-refractivity contribution in [3.63, 3.8) is 0 Å². The lowest BCUT2D eigenvalue weighted by molar-refractivity contribution is 0.414. The fourth-order valence-corrected chi connectivity index (χ4v) is 3.67. The van der Waals surface area contributed by atoms with Crippen molar-refractivity contribution in [2.45, 2.75) is 26.3 Å². The number of ether oxygens (including phenoxy) is 1. The minimum Gasteiger partial charge on any atom is -0.497 e. The molecule has 0 aliphatic rings. The van der Waals surface area contributed by atoms with Crippen LogP contribution in [0.1, 0.15) is 28.6 Å². The van der Waals surface area contributed by atoms with Crippen molar-refractivity contribution in [1.29, 1.82) is 0 Å². The van der Waals surface area contributed by atoms with E-state index in [1.54, 1.807) is 19.2 Å². The molecule has 0 saturated carbocycles. The molecule has 156 valence electrons. The van der Waals surface area contributed by atoms with Gasteiger partial charge in [0.2, 0.25) is 0 Å². The number of nitrogens with zero attached hydrogens (tertiary/aromatic N) is 1. The van der Waals surface area contributed by atoms with Gasteiger partial charge in [0.25, 0.3) is 0 Å². The Hall–Kier alpha value is -3.05. The van der Waals surface area contributed by atoms with Gasteiger partial charge in [0.1, 0.15) is 11.6 Å². The molecule has 0 radical (unpaired) electrons. The molecule has 2 N–H and O–H groups in total. The summed E-state index contributed by atoms with van der Waals surface area (Å²) >= 11 is 0. The van der Waals surface area contributed by atoms with Crippen LogP contribution >= 0.6 is 12.4 Å². The molecule has 0 bridgehead atoms. The summed E-state index contributed by atoms with van der Waals surface area (Å²) in [6, 6.07) is 16.4. The Labute approximate surface area is 181 Å². The minimum atomic E-state index is -0.254. The molecule has 4 rings (SSSR count). The second-order valence-corrected chi connectivity index (χ2v) is 7.25. The van der Waals surface area contributed by atoms with Crippen LogP contribution in [0.15, 0.2) is 60.8 Å². The highest BCUT2D eigenvalue weighted by atomic mass is 35.5. The third-order valence-electron chi connectivity index (χ3n) is 5.35. The molecule has 0 amide bonds. The maximum absolute atomic E-state index is 13.4. The Morgan fingerprint density at radius 3 is 2.60 bits per heavy atom. The highest BCUT2D eigenvalue weighted by Gasteiger charge is 2.19.